The van der Waals surface area contributed by atoms with Gasteiger partial charge in [-0.05, 0) is 31.0 Å². The summed E-state index contributed by atoms with van der Waals surface area (Å²) in [6.45, 7) is 1.38. The van der Waals surface area contributed by atoms with E-state index < -0.39 is 15.9 Å². The van der Waals surface area contributed by atoms with Crippen LogP contribution in [0.3, 0.4) is 0 Å². The van der Waals surface area contributed by atoms with Crippen LogP contribution in [0.4, 0.5) is 11.4 Å². The quantitative estimate of drug-likeness (QED) is 0.751. The predicted molar refractivity (Wildman–Crippen MR) is 107 cm³/mol. The van der Waals surface area contributed by atoms with Gasteiger partial charge in [0.2, 0.25) is 0 Å². The van der Waals surface area contributed by atoms with Gasteiger partial charge in [-0.3, -0.25) is 4.79 Å². The Morgan fingerprint density at radius 1 is 1.23 bits per heavy atom. The van der Waals surface area contributed by atoms with Gasteiger partial charge in [-0.1, -0.05) is 6.07 Å². The molecule has 10 heteroatoms. The largest absolute Gasteiger partial charge is 0.369 e. The van der Waals surface area contributed by atoms with E-state index in [4.69, 9.17) is 10.5 Å². The van der Waals surface area contributed by atoms with Crippen molar-refractivity contribution in [3.63, 3.8) is 0 Å². The molecule has 7 nitrogen and oxygen atoms in total. The summed E-state index contributed by atoms with van der Waals surface area (Å²) in [7, 11) is -2.91. The van der Waals surface area contributed by atoms with Gasteiger partial charge in [0.25, 0.3) is 5.91 Å². The number of carbonyl (C=O) groups is 1. The van der Waals surface area contributed by atoms with Crippen LogP contribution < -0.4 is 16.0 Å². The van der Waals surface area contributed by atoms with Gasteiger partial charge in [0.05, 0.1) is 17.6 Å². The zero-order chi connectivity index (χ0) is 17.2. The first kappa shape index (κ1) is 23.0. The Bertz CT molecular complexity index is 703. The number of hydrogen-bond acceptors (Lipinski definition) is 6. The average Bonchev–Trinajstić information content (AvgIpc) is 3.04. The van der Waals surface area contributed by atoms with Crippen LogP contribution >= 0.6 is 24.8 Å². The van der Waals surface area contributed by atoms with Crippen molar-refractivity contribution in [1.29, 1.82) is 0 Å². The Hall–Kier alpha value is -1.06. The molecule has 0 radical (unpaired) electrons. The van der Waals surface area contributed by atoms with E-state index in [2.05, 4.69) is 5.32 Å². The number of benzene rings is 1. The summed E-state index contributed by atoms with van der Waals surface area (Å²) in [5.41, 5.74) is 7.16. The third-order valence-corrected chi connectivity index (χ3v) is 6.10. The normalized spacial score (nSPS) is 24.3. The second-order valence-corrected chi connectivity index (χ2v) is 8.54. The molecule has 2 aliphatic heterocycles. The lowest BCUT2D eigenvalue weighted by Crippen LogP contribution is -2.40. The lowest BCUT2D eigenvalue weighted by atomic mass is 10.2. The van der Waals surface area contributed by atoms with Crippen LogP contribution in [-0.4, -0.2) is 57.7 Å². The van der Waals surface area contributed by atoms with Crippen molar-refractivity contribution in [1.82, 2.24) is 0 Å². The topological polar surface area (TPSA) is 102 Å². The van der Waals surface area contributed by atoms with Crippen molar-refractivity contribution in [2.24, 2.45) is 5.73 Å². The van der Waals surface area contributed by atoms with Gasteiger partial charge in [0, 0.05) is 31.0 Å². The lowest BCUT2D eigenvalue weighted by Gasteiger charge is -2.29. The molecule has 3 rings (SSSR count). The number of amides is 1. The van der Waals surface area contributed by atoms with Crippen LogP contribution in [0.15, 0.2) is 24.3 Å². The van der Waals surface area contributed by atoms with Crippen LogP contribution in [0, 0.1) is 0 Å². The molecule has 0 unspecified atom stereocenters. The lowest BCUT2D eigenvalue weighted by molar-refractivity contribution is -0.126. The molecule has 0 saturated carbocycles. The standard InChI is InChI=1S/C16H23N3O4S.2ClH/c17-11-14-4-5-15(23-14)16(20)18-12-2-1-3-13(10-12)19-6-8-24(21,22)9-7-19;;/h1-3,10,14-15H,4-9,11,17H2,(H,18,20);2*1H/t14-,15+;;/m1../s1. The monoisotopic (exact) mass is 425 g/mol. The number of rotatable bonds is 4. The van der Waals surface area contributed by atoms with E-state index in [1.807, 2.05) is 29.2 Å². The zero-order valence-electron chi connectivity index (χ0n) is 14.3. The average molecular weight is 426 g/mol. The molecule has 1 amide bonds. The second kappa shape index (κ2) is 9.75. The number of anilines is 2. The molecule has 26 heavy (non-hydrogen) atoms. The van der Waals surface area contributed by atoms with Crippen molar-refractivity contribution in [2.75, 3.05) is 41.4 Å². The molecule has 2 heterocycles. The van der Waals surface area contributed by atoms with Gasteiger partial charge in [0.1, 0.15) is 6.10 Å². The minimum absolute atomic E-state index is 0. The van der Waals surface area contributed by atoms with E-state index >= 15 is 0 Å². The maximum atomic E-state index is 12.3. The van der Waals surface area contributed by atoms with E-state index in [-0.39, 0.29) is 48.3 Å². The summed E-state index contributed by atoms with van der Waals surface area (Å²) >= 11 is 0. The molecule has 2 fully saturated rings. The molecule has 0 bridgehead atoms. The number of nitrogens with one attached hydrogen (secondary N) is 1. The first-order valence-electron chi connectivity index (χ1n) is 8.19. The number of halogens is 2. The van der Waals surface area contributed by atoms with E-state index in [1.165, 1.54) is 0 Å². The molecule has 1 aromatic rings. The van der Waals surface area contributed by atoms with Gasteiger partial charge >= 0.3 is 0 Å². The summed E-state index contributed by atoms with van der Waals surface area (Å²) in [4.78, 5) is 14.3. The highest BCUT2D eigenvalue weighted by molar-refractivity contribution is 7.91. The van der Waals surface area contributed by atoms with Crippen LogP contribution in [0.1, 0.15) is 12.8 Å². The van der Waals surface area contributed by atoms with Gasteiger partial charge in [-0.2, -0.15) is 0 Å². The smallest absolute Gasteiger partial charge is 0.253 e. The fraction of sp³-hybridized carbons (Fsp3) is 0.562. The molecule has 2 atom stereocenters. The van der Waals surface area contributed by atoms with E-state index in [0.717, 1.165) is 12.1 Å². The van der Waals surface area contributed by atoms with E-state index in [0.29, 0.717) is 31.7 Å². The van der Waals surface area contributed by atoms with Crippen molar-refractivity contribution in [2.45, 2.75) is 25.0 Å². The van der Waals surface area contributed by atoms with Gasteiger partial charge < -0.3 is 20.7 Å². The maximum absolute atomic E-state index is 12.3. The Morgan fingerprint density at radius 2 is 1.92 bits per heavy atom. The number of nitrogens with two attached hydrogens (primary N) is 1. The Labute approximate surface area is 166 Å². The first-order valence-corrected chi connectivity index (χ1v) is 10.0. The Morgan fingerprint density at radius 3 is 2.54 bits per heavy atom. The van der Waals surface area contributed by atoms with Crippen molar-refractivity contribution in [3.05, 3.63) is 24.3 Å². The van der Waals surface area contributed by atoms with Crippen LogP contribution in [0.25, 0.3) is 0 Å². The molecule has 148 valence electrons. The van der Waals surface area contributed by atoms with Gasteiger partial charge in [-0.25, -0.2) is 8.42 Å². The Balaban J connectivity index is 0.00000169. The van der Waals surface area contributed by atoms with E-state index in [9.17, 15) is 13.2 Å². The summed E-state index contributed by atoms with van der Waals surface area (Å²) in [5, 5.41) is 2.87. The summed E-state index contributed by atoms with van der Waals surface area (Å²) < 4.78 is 28.7. The van der Waals surface area contributed by atoms with Crippen LogP contribution in [-0.2, 0) is 19.4 Å². The van der Waals surface area contributed by atoms with Crippen molar-refractivity contribution >= 4 is 51.9 Å². The third kappa shape index (κ3) is 5.72. The number of hydrogen-bond donors (Lipinski definition) is 2. The minimum atomic E-state index is -2.91. The molecule has 0 spiro atoms. The minimum Gasteiger partial charge on any atom is -0.369 e. The predicted octanol–water partition coefficient (Wildman–Crippen LogP) is 1.21. The fourth-order valence-electron chi connectivity index (χ4n) is 3.05. The molecular weight excluding hydrogens is 401 g/mol. The number of carbonyl (C=O) groups excluding carboxylic acids is 1. The number of nitrogens with zero attached hydrogens (tertiary/aromatic N) is 1. The molecule has 1 aromatic carbocycles. The molecule has 0 aliphatic carbocycles. The molecule has 0 aromatic heterocycles. The maximum Gasteiger partial charge on any atom is 0.253 e. The molecular formula is C16H25Cl2N3O4S. The molecule has 2 aliphatic rings. The highest BCUT2D eigenvalue weighted by Gasteiger charge is 2.30. The summed E-state index contributed by atoms with van der Waals surface area (Å²) in [6.07, 6.45) is 0.985. The highest BCUT2D eigenvalue weighted by Crippen LogP contribution is 2.24. The van der Waals surface area contributed by atoms with E-state index in [1.54, 1.807) is 0 Å². The van der Waals surface area contributed by atoms with Crippen LogP contribution in [0.2, 0.25) is 0 Å². The first-order chi connectivity index (χ1) is 11.5. The summed E-state index contributed by atoms with van der Waals surface area (Å²) in [5.74, 6) is 0.171. The molecule has 2 saturated heterocycles. The van der Waals surface area contributed by atoms with Crippen molar-refractivity contribution in [3.8, 4) is 0 Å². The second-order valence-electron chi connectivity index (χ2n) is 6.24. The zero-order valence-corrected chi connectivity index (χ0v) is 16.7. The van der Waals surface area contributed by atoms with Crippen molar-refractivity contribution < 1.29 is 17.9 Å². The SMILES string of the molecule is Cl.Cl.NC[C@H]1CC[C@@H](C(=O)Nc2cccc(N3CCS(=O)(=O)CC3)c2)O1. The summed E-state index contributed by atoms with van der Waals surface area (Å²) in [6, 6.07) is 7.46. The number of ether oxygens (including phenoxy) is 1. The third-order valence-electron chi connectivity index (χ3n) is 4.49. The number of sulfone groups is 1. The fourth-order valence-corrected chi connectivity index (χ4v) is 4.25. The molecule has 3 N–H and O–H groups in total. The van der Waals surface area contributed by atoms with Gasteiger partial charge in [0.15, 0.2) is 9.84 Å². The highest BCUT2D eigenvalue weighted by atomic mass is 35.5. The van der Waals surface area contributed by atoms with Gasteiger partial charge in [-0.15, -0.1) is 24.8 Å². The Kier molecular flexibility index (Phi) is 8.62. The van der Waals surface area contributed by atoms with Crippen LogP contribution in [0.5, 0.6) is 0 Å².